The molecule has 10 nitrogen and oxygen atoms in total. The molecule has 3 aromatic rings. The lowest BCUT2D eigenvalue weighted by Crippen LogP contribution is -2.42. The summed E-state index contributed by atoms with van der Waals surface area (Å²) in [6.45, 7) is 4.33. The molecule has 0 aliphatic rings. The van der Waals surface area contributed by atoms with Crippen molar-refractivity contribution in [3.8, 4) is 0 Å². The van der Waals surface area contributed by atoms with Crippen molar-refractivity contribution in [2.24, 2.45) is 0 Å². The highest BCUT2D eigenvalue weighted by Gasteiger charge is 2.21. The van der Waals surface area contributed by atoms with Crippen LogP contribution in [0, 0.1) is 0 Å². The monoisotopic (exact) mass is 471 g/mol. The van der Waals surface area contributed by atoms with Crippen LogP contribution in [0.1, 0.15) is 36.3 Å². The summed E-state index contributed by atoms with van der Waals surface area (Å²) in [6, 6.07) is 12.9. The second-order valence-electron chi connectivity index (χ2n) is 7.18. The van der Waals surface area contributed by atoms with Crippen LogP contribution in [0.2, 0.25) is 0 Å². The molecule has 0 saturated heterocycles. The largest absolute Gasteiger partial charge is 0.290 e. The fourth-order valence-electron chi connectivity index (χ4n) is 3.33. The summed E-state index contributed by atoms with van der Waals surface area (Å²) >= 11 is 0. The second-order valence-corrected chi connectivity index (χ2v) is 9.12. The van der Waals surface area contributed by atoms with E-state index >= 15 is 0 Å². The van der Waals surface area contributed by atoms with Gasteiger partial charge in [-0.1, -0.05) is 44.2 Å². The van der Waals surface area contributed by atoms with Crippen molar-refractivity contribution in [1.82, 2.24) is 25.4 Å². The van der Waals surface area contributed by atoms with Gasteiger partial charge in [0.25, 0.3) is 11.5 Å². The highest BCUT2D eigenvalue weighted by molar-refractivity contribution is 7.89. The van der Waals surface area contributed by atoms with Gasteiger partial charge in [-0.25, -0.2) is 13.5 Å². The number of rotatable bonds is 8. The third-order valence-corrected chi connectivity index (χ3v) is 7.20. The van der Waals surface area contributed by atoms with Crippen LogP contribution in [0.3, 0.4) is 0 Å². The number of benzene rings is 2. The lowest BCUT2D eigenvalue weighted by Gasteiger charge is -2.18. The Morgan fingerprint density at radius 3 is 2.24 bits per heavy atom. The van der Waals surface area contributed by atoms with E-state index in [1.807, 2.05) is 0 Å². The van der Waals surface area contributed by atoms with Crippen LogP contribution in [0.5, 0.6) is 0 Å². The maximum atomic E-state index is 12.5. The van der Waals surface area contributed by atoms with Gasteiger partial charge in [0.2, 0.25) is 15.9 Å². The minimum atomic E-state index is -3.53. The highest BCUT2D eigenvalue weighted by atomic mass is 32.2. The number of aromatic nitrogens is 2. The van der Waals surface area contributed by atoms with E-state index in [9.17, 15) is 22.8 Å². The molecule has 174 valence electrons. The van der Waals surface area contributed by atoms with Crippen LogP contribution >= 0.6 is 0 Å². The molecule has 0 aliphatic carbocycles. The first-order chi connectivity index (χ1) is 15.8. The lowest BCUT2D eigenvalue weighted by atomic mass is 10.1. The zero-order valence-electron chi connectivity index (χ0n) is 18.3. The Bertz CT molecular complexity index is 1320. The number of sulfonamides is 1. The number of H-pyrrole nitrogens is 1. The molecule has 0 spiro atoms. The number of nitrogens with one attached hydrogen (secondary N) is 3. The number of aromatic amines is 1. The number of hydrogen-bond acceptors (Lipinski definition) is 6. The quantitative estimate of drug-likeness (QED) is 0.424. The zero-order chi connectivity index (χ0) is 24.0. The number of nitrogens with zero attached hydrogens (tertiary/aromatic N) is 2. The average Bonchev–Trinajstić information content (AvgIpc) is 2.82. The number of carbonyl (C=O) groups excluding carboxylic acids is 2. The van der Waals surface area contributed by atoms with Crippen molar-refractivity contribution in [2.45, 2.75) is 31.6 Å². The van der Waals surface area contributed by atoms with Crippen molar-refractivity contribution in [3.05, 3.63) is 70.1 Å². The van der Waals surface area contributed by atoms with Crippen LogP contribution < -0.4 is 16.4 Å². The van der Waals surface area contributed by atoms with E-state index in [1.165, 1.54) is 16.4 Å². The Kier molecular flexibility index (Phi) is 7.56. The third-order valence-electron chi connectivity index (χ3n) is 5.13. The van der Waals surface area contributed by atoms with Gasteiger partial charge in [0.1, 0.15) is 0 Å². The molecular formula is C22H25N5O5S. The molecule has 2 aromatic carbocycles. The molecule has 0 fully saturated rings. The molecule has 0 bridgehead atoms. The third kappa shape index (κ3) is 5.44. The molecule has 3 rings (SSSR count). The van der Waals surface area contributed by atoms with Crippen molar-refractivity contribution in [2.75, 3.05) is 13.1 Å². The molecule has 0 atom stereocenters. The highest BCUT2D eigenvalue weighted by Crippen LogP contribution is 2.17. The summed E-state index contributed by atoms with van der Waals surface area (Å²) in [7, 11) is -3.53. The van der Waals surface area contributed by atoms with Gasteiger partial charge in [-0.2, -0.15) is 9.40 Å². The Morgan fingerprint density at radius 1 is 0.970 bits per heavy atom. The molecule has 33 heavy (non-hydrogen) atoms. The van der Waals surface area contributed by atoms with Crippen LogP contribution in [0.4, 0.5) is 0 Å². The summed E-state index contributed by atoms with van der Waals surface area (Å²) in [6.07, 6.45) is 0.426. The van der Waals surface area contributed by atoms with Crippen molar-refractivity contribution in [3.63, 3.8) is 0 Å². The molecular weight excluding hydrogens is 446 g/mol. The number of carbonyl (C=O) groups is 2. The Labute approximate surface area is 191 Å². The first kappa shape index (κ1) is 24.1. The summed E-state index contributed by atoms with van der Waals surface area (Å²) in [5, 5.41) is 6.72. The van der Waals surface area contributed by atoms with E-state index in [-0.39, 0.29) is 17.0 Å². The number of fused-ring (bicyclic) bond motifs is 1. The molecule has 1 aromatic heterocycles. The van der Waals surface area contributed by atoms with Crippen molar-refractivity contribution >= 4 is 32.6 Å². The Balaban J connectivity index is 1.57. The van der Waals surface area contributed by atoms with Gasteiger partial charge < -0.3 is 0 Å². The van der Waals surface area contributed by atoms with Crippen LogP contribution in [-0.4, -0.2) is 47.8 Å². The predicted molar refractivity (Wildman–Crippen MR) is 123 cm³/mol. The summed E-state index contributed by atoms with van der Waals surface area (Å²) in [4.78, 5) is 36.6. The molecule has 11 heteroatoms. The van der Waals surface area contributed by atoms with Gasteiger partial charge in [0.15, 0.2) is 5.69 Å². The van der Waals surface area contributed by atoms with Gasteiger partial charge in [0.05, 0.1) is 10.3 Å². The first-order valence-electron chi connectivity index (χ1n) is 10.4. The maximum absolute atomic E-state index is 12.5. The lowest BCUT2D eigenvalue weighted by molar-refractivity contribution is -0.121. The van der Waals surface area contributed by atoms with E-state index in [0.29, 0.717) is 30.3 Å². The van der Waals surface area contributed by atoms with Crippen molar-refractivity contribution in [1.29, 1.82) is 0 Å². The minimum absolute atomic E-state index is 0.0181. The van der Waals surface area contributed by atoms with Gasteiger partial charge in [-0.05, 0) is 30.2 Å². The number of hydrogen-bond donors (Lipinski definition) is 3. The van der Waals surface area contributed by atoms with E-state index in [4.69, 9.17) is 0 Å². The molecule has 0 saturated carbocycles. The SMILES string of the molecule is CCN(CC)S(=O)(=O)c1ccc(CCC(=O)NNC(=O)c2n[nH]c(=O)c3ccccc23)cc1. The smallest absolute Gasteiger partial charge is 0.273 e. The van der Waals surface area contributed by atoms with Gasteiger partial charge in [0, 0.05) is 24.9 Å². The number of aryl methyl sites for hydroxylation is 1. The van der Waals surface area contributed by atoms with Gasteiger partial charge in [-0.15, -0.1) is 0 Å². The van der Waals surface area contributed by atoms with Crippen LogP contribution in [-0.2, 0) is 21.2 Å². The van der Waals surface area contributed by atoms with Crippen LogP contribution in [0.15, 0.2) is 58.2 Å². The topological polar surface area (TPSA) is 141 Å². The normalized spacial score (nSPS) is 11.5. The second kappa shape index (κ2) is 10.4. The molecule has 3 N–H and O–H groups in total. The van der Waals surface area contributed by atoms with E-state index in [0.717, 1.165) is 5.56 Å². The summed E-state index contributed by atoms with van der Waals surface area (Å²) in [5.41, 5.74) is 4.96. The van der Waals surface area contributed by atoms with E-state index in [2.05, 4.69) is 21.0 Å². The molecule has 0 aliphatic heterocycles. The first-order valence-corrected chi connectivity index (χ1v) is 11.9. The Morgan fingerprint density at radius 2 is 1.61 bits per heavy atom. The molecule has 2 amide bonds. The van der Waals surface area contributed by atoms with E-state index < -0.39 is 27.4 Å². The average molecular weight is 472 g/mol. The molecule has 1 heterocycles. The summed E-state index contributed by atoms with van der Waals surface area (Å²) < 4.78 is 26.4. The Hall–Kier alpha value is -3.57. The predicted octanol–water partition coefficient (Wildman–Crippen LogP) is 1.35. The van der Waals surface area contributed by atoms with E-state index in [1.54, 1.807) is 50.2 Å². The zero-order valence-corrected chi connectivity index (χ0v) is 19.1. The number of hydrazine groups is 1. The van der Waals surface area contributed by atoms with Crippen molar-refractivity contribution < 1.29 is 18.0 Å². The standard InChI is InChI=1S/C22H25N5O5S/c1-3-27(4-2)33(31,32)16-12-9-15(10-13-16)11-14-19(28)23-26-22(30)20-17-7-5-6-8-18(17)21(29)25-24-20/h5-10,12-13H,3-4,11,14H2,1-2H3,(H,23,28)(H,25,29)(H,26,30). The maximum Gasteiger partial charge on any atom is 0.290 e. The fourth-order valence-corrected chi connectivity index (χ4v) is 4.79. The van der Waals surface area contributed by atoms with Crippen LogP contribution in [0.25, 0.3) is 10.8 Å². The molecule has 0 radical (unpaired) electrons. The minimum Gasteiger partial charge on any atom is -0.273 e. The molecule has 0 unspecified atom stereocenters. The summed E-state index contributed by atoms with van der Waals surface area (Å²) in [5.74, 6) is -1.10. The number of amides is 2. The fraction of sp³-hybridized carbons (Fsp3) is 0.273. The van der Waals surface area contributed by atoms with Gasteiger partial charge >= 0.3 is 0 Å². The van der Waals surface area contributed by atoms with Gasteiger partial charge in [-0.3, -0.25) is 25.2 Å².